The molecule has 2 aromatic carbocycles. The molecule has 0 unspecified atom stereocenters. The van der Waals surface area contributed by atoms with E-state index in [1.807, 2.05) is 0 Å². The molecule has 0 aliphatic rings. The molecule has 2 N–H and O–H groups in total. The molecule has 1 aromatic heterocycles. The van der Waals surface area contributed by atoms with Gasteiger partial charge in [0, 0.05) is 24.7 Å². The second kappa shape index (κ2) is 13.6. The zero-order chi connectivity index (χ0) is 28.4. The zero-order valence-electron chi connectivity index (χ0n) is 21.6. The summed E-state index contributed by atoms with van der Waals surface area (Å²) < 4.78 is 14.1. The van der Waals surface area contributed by atoms with E-state index in [0.717, 1.165) is 22.8 Å². The number of carbonyl (C=O) groups is 3. The van der Waals surface area contributed by atoms with Gasteiger partial charge in [-0.25, -0.2) is 9.59 Å². The Balaban J connectivity index is 1.60. The fourth-order valence-corrected chi connectivity index (χ4v) is 3.79. The fraction of sp³-hybridized carbons (Fsp3) is 0.222. The third kappa shape index (κ3) is 8.31. The van der Waals surface area contributed by atoms with Gasteiger partial charge in [0.1, 0.15) is 30.5 Å². The predicted molar refractivity (Wildman–Crippen MR) is 146 cm³/mol. The van der Waals surface area contributed by atoms with Gasteiger partial charge in [-0.3, -0.25) is 4.79 Å². The van der Waals surface area contributed by atoms with Crippen molar-refractivity contribution in [2.24, 2.45) is 10.2 Å². The van der Waals surface area contributed by atoms with Crippen LogP contribution in [0.1, 0.15) is 41.0 Å². The first kappa shape index (κ1) is 28.7. The standard InChI is InChI=1S/C27H26N6O5S/c1-16(2)26(35)37-11-12-38-27(36)20-7-5-19(6-8-20)15-29-21-9-10-23(24(13-21)30-18(4)34)31-32-25-22(14-28)17(3)33-39-25/h5-10,13,29H,1,11-12,15H2,2-4H3,(H,30,34). The van der Waals surface area contributed by atoms with Crippen LogP contribution in [-0.2, 0) is 25.6 Å². The maximum absolute atomic E-state index is 12.2. The number of benzene rings is 2. The molecule has 0 fully saturated rings. The number of carbonyl (C=O) groups excluding carboxylic acids is 3. The molecular formula is C27H26N6O5S. The Morgan fingerprint density at radius 2 is 1.79 bits per heavy atom. The van der Waals surface area contributed by atoms with E-state index in [1.54, 1.807) is 49.4 Å². The van der Waals surface area contributed by atoms with Crippen LogP contribution in [0, 0.1) is 18.3 Å². The maximum Gasteiger partial charge on any atom is 0.338 e. The highest BCUT2D eigenvalue weighted by Crippen LogP contribution is 2.33. The number of hydrogen-bond donors (Lipinski definition) is 2. The lowest BCUT2D eigenvalue weighted by molar-refractivity contribution is -0.140. The number of hydrogen-bond acceptors (Lipinski definition) is 11. The largest absolute Gasteiger partial charge is 0.459 e. The molecule has 12 heteroatoms. The Morgan fingerprint density at radius 3 is 2.46 bits per heavy atom. The number of nitrogens with one attached hydrogen (secondary N) is 2. The summed E-state index contributed by atoms with van der Waals surface area (Å²) in [4.78, 5) is 35.3. The van der Waals surface area contributed by atoms with Crippen LogP contribution in [-0.4, -0.2) is 35.4 Å². The molecule has 0 atom stereocenters. The molecular weight excluding hydrogens is 520 g/mol. The summed E-state index contributed by atoms with van der Waals surface area (Å²) in [6.45, 7) is 8.47. The average Bonchev–Trinajstić information content (AvgIpc) is 3.28. The van der Waals surface area contributed by atoms with Gasteiger partial charge in [-0.05, 0) is 61.3 Å². The van der Waals surface area contributed by atoms with Gasteiger partial charge in [0.15, 0.2) is 5.00 Å². The fourth-order valence-electron chi connectivity index (χ4n) is 3.12. The molecule has 0 aliphatic heterocycles. The third-order valence-corrected chi connectivity index (χ3v) is 5.92. The van der Waals surface area contributed by atoms with Crippen LogP contribution >= 0.6 is 11.5 Å². The Bertz CT molecular complexity index is 1460. The van der Waals surface area contributed by atoms with Gasteiger partial charge >= 0.3 is 11.9 Å². The van der Waals surface area contributed by atoms with E-state index in [0.29, 0.717) is 39.7 Å². The summed E-state index contributed by atoms with van der Waals surface area (Å²) in [6, 6.07) is 14.1. The van der Waals surface area contributed by atoms with Crippen molar-refractivity contribution >= 4 is 51.4 Å². The summed E-state index contributed by atoms with van der Waals surface area (Å²) in [7, 11) is 0. The van der Waals surface area contributed by atoms with Gasteiger partial charge in [0.05, 0.1) is 16.9 Å². The molecule has 0 spiro atoms. The highest BCUT2D eigenvalue weighted by Gasteiger charge is 2.12. The van der Waals surface area contributed by atoms with Crippen LogP contribution < -0.4 is 10.6 Å². The molecule has 0 aliphatic carbocycles. The topological polar surface area (TPSA) is 155 Å². The number of aryl methyl sites for hydroxylation is 1. The maximum atomic E-state index is 12.2. The average molecular weight is 547 g/mol. The lowest BCUT2D eigenvalue weighted by atomic mass is 10.1. The van der Waals surface area contributed by atoms with Crippen LogP contribution in [0.15, 0.2) is 64.8 Å². The molecule has 3 rings (SSSR count). The summed E-state index contributed by atoms with van der Waals surface area (Å²) in [5, 5.41) is 24.0. The van der Waals surface area contributed by atoms with Gasteiger partial charge < -0.3 is 20.1 Å². The minimum absolute atomic E-state index is 0.0497. The highest BCUT2D eigenvalue weighted by atomic mass is 32.1. The van der Waals surface area contributed by atoms with Crippen LogP contribution in [0.4, 0.5) is 22.1 Å². The quantitative estimate of drug-likeness (QED) is 0.137. The first-order chi connectivity index (χ1) is 18.7. The number of ether oxygens (including phenoxy) is 2. The number of aromatic nitrogens is 1. The van der Waals surface area contributed by atoms with Crippen molar-refractivity contribution in [3.63, 3.8) is 0 Å². The molecule has 1 amide bonds. The van der Waals surface area contributed by atoms with E-state index in [4.69, 9.17) is 9.47 Å². The van der Waals surface area contributed by atoms with Crippen LogP contribution in [0.5, 0.6) is 0 Å². The first-order valence-electron chi connectivity index (χ1n) is 11.7. The number of amides is 1. The monoisotopic (exact) mass is 546 g/mol. The van der Waals surface area contributed by atoms with Gasteiger partial charge in [0.2, 0.25) is 5.91 Å². The molecule has 3 aromatic rings. The summed E-state index contributed by atoms with van der Waals surface area (Å²) in [6.07, 6.45) is 0. The predicted octanol–water partition coefficient (Wildman–Crippen LogP) is 5.59. The molecule has 0 radical (unpaired) electrons. The van der Waals surface area contributed by atoms with Crippen molar-refractivity contribution in [1.82, 2.24) is 4.37 Å². The first-order valence-corrected chi connectivity index (χ1v) is 12.5. The normalized spacial score (nSPS) is 10.5. The van der Waals surface area contributed by atoms with E-state index in [-0.39, 0.29) is 24.7 Å². The molecule has 200 valence electrons. The zero-order valence-corrected chi connectivity index (χ0v) is 22.4. The Hall–Kier alpha value is -4.89. The van der Waals surface area contributed by atoms with Gasteiger partial charge in [-0.15, -0.1) is 10.2 Å². The molecule has 0 saturated carbocycles. The number of esters is 2. The minimum Gasteiger partial charge on any atom is -0.459 e. The van der Waals surface area contributed by atoms with Crippen molar-refractivity contribution in [2.45, 2.75) is 27.3 Å². The highest BCUT2D eigenvalue weighted by molar-refractivity contribution is 7.10. The van der Waals surface area contributed by atoms with E-state index in [1.165, 1.54) is 13.8 Å². The van der Waals surface area contributed by atoms with Crippen molar-refractivity contribution in [3.05, 3.63) is 77.0 Å². The smallest absolute Gasteiger partial charge is 0.338 e. The van der Waals surface area contributed by atoms with E-state index >= 15 is 0 Å². The number of nitriles is 1. The Morgan fingerprint density at radius 1 is 1.08 bits per heavy atom. The van der Waals surface area contributed by atoms with Crippen molar-refractivity contribution in [3.8, 4) is 6.07 Å². The summed E-state index contributed by atoms with van der Waals surface area (Å²) >= 11 is 1.08. The van der Waals surface area contributed by atoms with Crippen LogP contribution in [0.25, 0.3) is 0 Å². The SMILES string of the molecule is C=C(C)C(=O)OCCOC(=O)c1ccc(CNc2ccc(N=Nc3snc(C)c3C#N)c(NC(C)=O)c2)cc1. The second-order valence-corrected chi connectivity index (χ2v) is 9.03. The number of nitrogens with zero attached hydrogens (tertiary/aromatic N) is 4. The Labute approximate surface area is 229 Å². The second-order valence-electron chi connectivity index (χ2n) is 8.28. The number of rotatable bonds is 11. The van der Waals surface area contributed by atoms with Crippen molar-refractivity contribution in [2.75, 3.05) is 23.8 Å². The number of anilines is 2. The minimum atomic E-state index is -0.536. The molecule has 0 bridgehead atoms. The van der Waals surface area contributed by atoms with E-state index in [2.05, 4.69) is 37.9 Å². The van der Waals surface area contributed by atoms with Gasteiger partial charge in [0.25, 0.3) is 0 Å². The van der Waals surface area contributed by atoms with Crippen LogP contribution in [0.2, 0.25) is 0 Å². The summed E-state index contributed by atoms with van der Waals surface area (Å²) in [5.41, 5.74) is 4.08. The van der Waals surface area contributed by atoms with Crippen molar-refractivity contribution < 1.29 is 23.9 Å². The molecule has 11 nitrogen and oxygen atoms in total. The summed E-state index contributed by atoms with van der Waals surface area (Å²) in [5.74, 6) is -1.33. The van der Waals surface area contributed by atoms with E-state index < -0.39 is 11.9 Å². The van der Waals surface area contributed by atoms with E-state index in [9.17, 15) is 19.6 Å². The van der Waals surface area contributed by atoms with Gasteiger partial charge in [-0.1, -0.05) is 18.7 Å². The molecule has 0 saturated heterocycles. The van der Waals surface area contributed by atoms with Crippen molar-refractivity contribution in [1.29, 1.82) is 5.26 Å². The van der Waals surface area contributed by atoms with Gasteiger partial charge in [-0.2, -0.15) is 9.64 Å². The molecule has 39 heavy (non-hydrogen) atoms. The Kier molecular flexibility index (Phi) is 10.00. The lowest BCUT2D eigenvalue weighted by Crippen LogP contribution is -2.14. The number of azo groups is 1. The molecule has 1 heterocycles. The third-order valence-electron chi connectivity index (χ3n) is 5.10. The van der Waals surface area contributed by atoms with Crippen LogP contribution in [0.3, 0.4) is 0 Å². The lowest BCUT2D eigenvalue weighted by Gasteiger charge is -2.11.